The zero-order valence-corrected chi connectivity index (χ0v) is 9.78. The van der Waals surface area contributed by atoms with E-state index in [0.717, 1.165) is 19.3 Å². The number of aliphatic hydroxyl groups is 1. The number of aliphatic hydroxyl groups excluding tert-OH is 1. The zero-order valence-electron chi connectivity index (χ0n) is 8.96. The van der Waals surface area contributed by atoms with Gasteiger partial charge in [-0.05, 0) is 32.6 Å². The molecule has 0 aromatic heterocycles. The predicted molar refractivity (Wildman–Crippen MR) is 56.3 cm³/mol. The van der Waals surface area contributed by atoms with Gasteiger partial charge in [-0.3, -0.25) is 0 Å². The van der Waals surface area contributed by atoms with E-state index in [1.54, 1.807) is 0 Å². The van der Waals surface area contributed by atoms with Crippen LogP contribution in [0.15, 0.2) is 0 Å². The number of hydrogen-bond acceptors (Lipinski definition) is 3. The molecule has 2 heterocycles. The summed E-state index contributed by atoms with van der Waals surface area (Å²) >= 11 is 0. The lowest BCUT2D eigenvalue weighted by Gasteiger charge is -2.28. The van der Waals surface area contributed by atoms with Crippen LogP contribution in [0.25, 0.3) is 0 Å². The quantitative estimate of drug-likeness (QED) is 0.739. The first-order valence-corrected chi connectivity index (χ1v) is 6.90. The summed E-state index contributed by atoms with van der Waals surface area (Å²) in [6.07, 6.45) is 2.32. The Labute approximate surface area is 90.9 Å². The third kappa shape index (κ3) is 1.91. The zero-order chi connectivity index (χ0) is 11.1. The second-order valence-corrected chi connectivity index (χ2v) is 6.18. The van der Waals surface area contributed by atoms with Gasteiger partial charge in [0.15, 0.2) is 0 Å². The summed E-state index contributed by atoms with van der Waals surface area (Å²) in [6, 6.07) is -0.0781. The smallest absolute Gasteiger partial charge is 0.284 e. The Morgan fingerprint density at radius 1 is 1.20 bits per heavy atom. The molecule has 0 spiro atoms. The van der Waals surface area contributed by atoms with Crippen molar-refractivity contribution in [1.29, 1.82) is 0 Å². The fraction of sp³-hybridized carbons (Fsp3) is 1.00. The van der Waals surface area contributed by atoms with Crippen LogP contribution < -0.4 is 0 Å². The molecule has 6 heteroatoms. The van der Waals surface area contributed by atoms with Crippen LogP contribution >= 0.6 is 0 Å². The summed E-state index contributed by atoms with van der Waals surface area (Å²) in [5.74, 6) is 0. The maximum absolute atomic E-state index is 12.1. The largest absolute Gasteiger partial charge is 0.377 e. The Bertz CT molecular complexity index is 314. The Morgan fingerprint density at radius 2 is 1.80 bits per heavy atom. The molecule has 88 valence electrons. The van der Waals surface area contributed by atoms with Gasteiger partial charge in [0.25, 0.3) is 10.2 Å². The van der Waals surface area contributed by atoms with E-state index < -0.39 is 16.4 Å². The van der Waals surface area contributed by atoms with Crippen molar-refractivity contribution >= 4 is 10.2 Å². The highest BCUT2D eigenvalue weighted by Crippen LogP contribution is 2.28. The fourth-order valence-corrected chi connectivity index (χ4v) is 4.33. The molecule has 1 N–H and O–H groups in total. The molecule has 2 saturated heterocycles. The molecule has 2 aliphatic heterocycles. The molecular formula is C9H18N2O3S. The second kappa shape index (κ2) is 4.01. The molecule has 0 radical (unpaired) electrons. The van der Waals surface area contributed by atoms with Gasteiger partial charge in [-0.2, -0.15) is 17.0 Å². The number of rotatable bonds is 2. The fourth-order valence-electron chi connectivity index (χ4n) is 2.37. The van der Waals surface area contributed by atoms with Crippen LogP contribution in [-0.4, -0.2) is 47.5 Å². The van der Waals surface area contributed by atoms with E-state index in [2.05, 4.69) is 0 Å². The summed E-state index contributed by atoms with van der Waals surface area (Å²) in [5.41, 5.74) is 0. The normalized spacial score (nSPS) is 35.1. The molecule has 0 bridgehead atoms. The van der Waals surface area contributed by atoms with Crippen LogP contribution in [0.2, 0.25) is 0 Å². The van der Waals surface area contributed by atoms with E-state index >= 15 is 0 Å². The van der Waals surface area contributed by atoms with Crippen molar-refractivity contribution in [3.05, 3.63) is 0 Å². The summed E-state index contributed by atoms with van der Waals surface area (Å²) < 4.78 is 27.0. The van der Waals surface area contributed by atoms with E-state index in [1.165, 1.54) is 8.61 Å². The minimum Gasteiger partial charge on any atom is -0.377 e. The molecule has 2 rings (SSSR count). The van der Waals surface area contributed by atoms with Crippen molar-refractivity contribution in [2.75, 3.05) is 13.1 Å². The Hall–Kier alpha value is -0.170. The lowest BCUT2D eigenvalue weighted by atomic mass is 10.2. The third-order valence-corrected chi connectivity index (χ3v) is 5.38. The summed E-state index contributed by atoms with van der Waals surface area (Å²) in [4.78, 5) is 0. The molecule has 2 aliphatic rings. The van der Waals surface area contributed by atoms with Crippen molar-refractivity contribution in [2.45, 2.75) is 44.9 Å². The van der Waals surface area contributed by atoms with E-state index in [0.29, 0.717) is 19.5 Å². The third-order valence-electron chi connectivity index (χ3n) is 3.23. The molecule has 0 amide bonds. The summed E-state index contributed by atoms with van der Waals surface area (Å²) in [5, 5.41) is 9.68. The van der Waals surface area contributed by atoms with E-state index in [4.69, 9.17) is 0 Å². The van der Waals surface area contributed by atoms with Crippen LogP contribution in [0.1, 0.15) is 32.6 Å². The van der Waals surface area contributed by atoms with Gasteiger partial charge in [0.2, 0.25) is 0 Å². The van der Waals surface area contributed by atoms with Crippen LogP contribution in [0.4, 0.5) is 0 Å². The number of hydrogen-bond donors (Lipinski definition) is 1. The maximum atomic E-state index is 12.1. The van der Waals surface area contributed by atoms with Gasteiger partial charge >= 0.3 is 0 Å². The average Bonchev–Trinajstić information content (AvgIpc) is 2.75. The van der Waals surface area contributed by atoms with Crippen LogP contribution in [-0.2, 0) is 10.2 Å². The van der Waals surface area contributed by atoms with Gasteiger partial charge in [-0.1, -0.05) is 0 Å². The van der Waals surface area contributed by atoms with Crippen LogP contribution in [0, 0.1) is 0 Å². The van der Waals surface area contributed by atoms with Crippen molar-refractivity contribution in [3.63, 3.8) is 0 Å². The molecule has 2 fully saturated rings. The molecule has 5 nitrogen and oxygen atoms in total. The molecule has 0 aliphatic carbocycles. The minimum absolute atomic E-state index is 0.0781. The van der Waals surface area contributed by atoms with E-state index in [9.17, 15) is 13.5 Å². The Morgan fingerprint density at radius 3 is 2.27 bits per heavy atom. The van der Waals surface area contributed by atoms with Gasteiger partial charge in [-0.25, -0.2) is 0 Å². The van der Waals surface area contributed by atoms with Gasteiger partial charge in [-0.15, -0.1) is 0 Å². The molecule has 0 saturated carbocycles. The van der Waals surface area contributed by atoms with E-state index in [1.807, 2.05) is 6.92 Å². The highest BCUT2D eigenvalue weighted by Gasteiger charge is 2.42. The highest BCUT2D eigenvalue weighted by molar-refractivity contribution is 7.86. The Balaban J connectivity index is 2.20. The minimum atomic E-state index is -3.42. The molecule has 0 aromatic carbocycles. The lowest BCUT2D eigenvalue weighted by Crippen LogP contribution is -2.47. The predicted octanol–water partition coefficient (Wildman–Crippen LogP) is 0.130. The standard InChI is InChI=1S/C9H18N2O3S/c1-8-4-5-9(12)11(8)15(13,14)10-6-2-3-7-10/h8-9,12H,2-7H2,1H3. The van der Waals surface area contributed by atoms with E-state index in [-0.39, 0.29) is 6.04 Å². The first kappa shape index (κ1) is 11.3. The summed E-state index contributed by atoms with van der Waals surface area (Å²) in [7, 11) is -3.42. The molecule has 0 aromatic rings. The van der Waals surface area contributed by atoms with Gasteiger partial charge in [0.1, 0.15) is 6.23 Å². The first-order chi connectivity index (χ1) is 7.03. The van der Waals surface area contributed by atoms with Crippen molar-refractivity contribution in [3.8, 4) is 0 Å². The molecule has 2 atom stereocenters. The number of nitrogens with zero attached hydrogens (tertiary/aromatic N) is 2. The first-order valence-electron chi connectivity index (χ1n) is 5.50. The lowest BCUT2D eigenvalue weighted by molar-refractivity contribution is 0.0781. The second-order valence-electron chi connectivity index (χ2n) is 4.35. The SMILES string of the molecule is CC1CCC(O)N1S(=O)(=O)N1CCCC1. The van der Waals surface area contributed by atoms with Crippen molar-refractivity contribution < 1.29 is 13.5 Å². The molecular weight excluding hydrogens is 216 g/mol. The topological polar surface area (TPSA) is 60.9 Å². The average molecular weight is 234 g/mol. The molecule has 2 unspecified atom stereocenters. The van der Waals surface area contributed by atoms with Gasteiger partial charge in [0.05, 0.1) is 0 Å². The van der Waals surface area contributed by atoms with Gasteiger partial charge in [0, 0.05) is 19.1 Å². The monoisotopic (exact) mass is 234 g/mol. The van der Waals surface area contributed by atoms with Crippen molar-refractivity contribution in [1.82, 2.24) is 8.61 Å². The van der Waals surface area contributed by atoms with Crippen molar-refractivity contribution in [2.24, 2.45) is 0 Å². The highest BCUT2D eigenvalue weighted by atomic mass is 32.2. The Kier molecular flexibility index (Phi) is 3.03. The maximum Gasteiger partial charge on any atom is 0.284 e. The van der Waals surface area contributed by atoms with Gasteiger partial charge < -0.3 is 5.11 Å². The summed E-state index contributed by atoms with van der Waals surface area (Å²) in [6.45, 7) is 3.04. The molecule has 15 heavy (non-hydrogen) atoms. The van der Waals surface area contributed by atoms with Crippen LogP contribution in [0.3, 0.4) is 0 Å². The van der Waals surface area contributed by atoms with Crippen LogP contribution in [0.5, 0.6) is 0 Å².